The van der Waals surface area contributed by atoms with Crippen molar-refractivity contribution >= 4 is 0 Å². The van der Waals surface area contributed by atoms with E-state index in [1.165, 1.54) is 0 Å². The Kier molecular flexibility index (Phi) is 21.4. The molecular weight excluding hydrogens is 260 g/mol. The van der Waals surface area contributed by atoms with Crippen molar-refractivity contribution in [2.75, 3.05) is 6.61 Å². The highest BCUT2D eigenvalue weighted by atomic mass is 16.3. The van der Waals surface area contributed by atoms with Gasteiger partial charge in [-0.15, -0.1) is 0 Å². The fourth-order valence-electron chi connectivity index (χ4n) is 1.28. The predicted octanol–water partition coefficient (Wildman–Crippen LogP) is 3.84. The molecule has 122 valence electrons. The quantitative estimate of drug-likeness (QED) is 0.625. The molecule has 0 amide bonds. The average molecular weight is 294 g/mol. The number of allylic oxidation sites excluding steroid dienone is 5. The van der Waals surface area contributed by atoms with Gasteiger partial charge in [-0.25, -0.2) is 0 Å². The number of hydrogen-bond acceptors (Lipinski definition) is 3. The second kappa shape index (κ2) is 18.4. The molecule has 1 atom stereocenters. The van der Waals surface area contributed by atoms with Crippen molar-refractivity contribution in [2.45, 2.75) is 47.1 Å². The first-order valence-corrected chi connectivity index (χ1v) is 7.50. The first kappa shape index (κ1) is 24.4. The zero-order valence-electron chi connectivity index (χ0n) is 14.4. The van der Waals surface area contributed by atoms with Crippen LogP contribution in [-0.2, 0) is 0 Å². The van der Waals surface area contributed by atoms with E-state index in [0.29, 0.717) is 12.1 Å². The molecule has 0 spiro atoms. The minimum atomic E-state index is -0.219. The molecule has 0 aliphatic heterocycles. The number of aliphatic hydroxyl groups is 1. The van der Waals surface area contributed by atoms with E-state index in [0.717, 1.165) is 11.1 Å². The highest BCUT2D eigenvalue weighted by Gasteiger charge is 2.00. The topological polar surface area (TPSA) is 72.3 Å². The molecule has 5 N–H and O–H groups in total. The van der Waals surface area contributed by atoms with Gasteiger partial charge in [0.1, 0.15) is 0 Å². The molecule has 3 heteroatoms. The molecule has 0 rings (SSSR count). The Morgan fingerprint density at radius 3 is 2.00 bits per heavy atom. The Balaban J connectivity index is -0.000000739. The molecule has 0 saturated carbocycles. The van der Waals surface area contributed by atoms with E-state index < -0.39 is 0 Å². The van der Waals surface area contributed by atoms with Gasteiger partial charge in [-0.2, -0.15) is 0 Å². The lowest BCUT2D eigenvalue weighted by Crippen LogP contribution is -2.24. The summed E-state index contributed by atoms with van der Waals surface area (Å²) >= 11 is 0. The molecule has 0 aromatic rings. The van der Waals surface area contributed by atoms with Crippen molar-refractivity contribution in [2.24, 2.45) is 11.5 Å². The van der Waals surface area contributed by atoms with Gasteiger partial charge < -0.3 is 16.6 Å². The van der Waals surface area contributed by atoms with Crippen LogP contribution in [0.2, 0.25) is 0 Å². The number of rotatable bonds is 7. The van der Waals surface area contributed by atoms with Crippen LogP contribution < -0.4 is 11.5 Å². The van der Waals surface area contributed by atoms with Crippen LogP contribution >= 0.6 is 0 Å². The smallest absolute Gasteiger partial charge is 0.0585 e. The lowest BCUT2D eigenvalue weighted by Gasteiger charge is -2.07. The molecule has 3 nitrogen and oxygen atoms in total. The SMILES string of the molecule is C=C/C=C(C=C)/C(N)=C/C=C(\C)CC(N)CO.CC.CC. The van der Waals surface area contributed by atoms with E-state index in [9.17, 15) is 0 Å². The summed E-state index contributed by atoms with van der Waals surface area (Å²) in [4.78, 5) is 0. The maximum absolute atomic E-state index is 8.83. The van der Waals surface area contributed by atoms with E-state index in [1.807, 2.05) is 40.7 Å². The molecule has 0 aliphatic carbocycles. The fourth-order valence-corrected chi connectivity index (χ4v) is 1.28. The minimum Gasteiger partial charge on any atom is -0.398 e. The number of hydrogen-bond donors (Lipinski definition) is 3. The van der Waals surface area contributed by atoms with Crippen molar-refractivity contribution in [3.8, 4) is 0 Å². The van der Waals surface area contributed by atoms with Gasteiger partial charge in [-0.1, -0.05) is 70.7 Å². The van der Waals surface area contributed by atoms with Gasteiger partial charge in [-0.3, -0.25) is 0 Å². The van der Waals surface area contributed by atoms with Crippen LogP contribution in [0.15, 0.2) is 60.4 Å². The molecule has 0 fully saturated rings. The van der Waals surface area contributed by atoms with Gasteiger partial charge in [0.15, 0.2) is 0 Å². The van der Waals surface area contributed by atoms with Crippen molar-refractivity contribution < 1.29 is 5.11 Å². The van der Waals surface area contributed by atoms with Crippen LogP contribution in [0.5, 0.6) is 0 Å². The zero-order valence-corrected chi connectivity index (χ0v) is 14.4. The van der Waals surface area contributed by atoms with Gasteiger partial charge in [0.05, 0.1) is 6.61 Å². The van der Waals surface area contributed by atoms with Crippen LogP contribution in [-0.4, -0.2) is 17.8 Å². The minimum absolute atomic E-state index is 0.0152. The fraction of sp³-hybridized carbons (Fsp3) is 0.444. The summed E-state index contributed by atoms with van der Waals surface area (Å²) in [6, 6.07) is -0.219. The average Bonchev–Trinajstić information content (AvgIpc) is 2.53. The van der Waals surface area contributed by atoms with Gasteiger partial charge in [0.2, 0.25) is 0 Å². The lowest BCUT2D eigenvalue weighted by atomic mass is 10.1. The maximum Gasteiger partial charge on any atom is 0.0585 e. The Labute approximate surface area is 131 Å². The van der Waals surface area contributed by atoms with Crippen molar-refractivity contribution in [3.63, 3.8) is 0 Å². The zero-order chi connectivity index (χ0) is 17.3. The van der Waals surface area contributed by atoms with Gasteiger partial charge in [0.25, 0.3) is 0 Å². The van der Waals surface area contributed by atoms with E-state index in [4.69, 9.17) is 16.6 Å². The molecule has 0 heterocycles. The van der Waals surface area contributed by atoms with Crippen LogP contribution in [0.4, 0.5) is 0 Å². The molecule has 0 saturated heterocycles. The molecule has 0 aromatic heterocycles. The highest BCUT2D eigenvalue weighted by Crippen LogP contribution is 2.08. The van der Waals surface area contributed by atoms with Crippen molar-refractivity contribution in [3.05, 3.63) is 60.4 Å². The molecule has 1 unspecified atom stereocenters. The van der Waals surface area contributed by atoms with Crippen LogP contribution in [0.3, 0.4) is 0 Å². The summed E-state index contributed by atoms with van der Waals surface area (Å²) in [6.07, 6.45) is 9.48. The Morgan fingerprint density at radius 1 is 1.10 bits per heavy atom. The highest BCUT2D eigenvalue weighted by molar-refractivity contribution is 5.40. The Bertz CT molecular complexity index is 352. The molecular formula is C18H34N2O. The first-order valence-electron chi connectivity index (χ1n) is 7.50. The third-order valence-electron chi connectivity index (χ3n) is 2.22. The third kappa shape index (κ3) is 14.6. The van der Waals surface area contributed by atoms with Gasteiger partial charge >= 0.3 is 0 Å². The number of aliphatic hydroxyl groups excluding tert-OH is 1. The van der Waals surface area contributed by atoms with E-state index in [2.05, 4.69) is 13.2 Å². The van der Waals surface area contributed by atoms with Crippen LogP contribution in [0.1, 0.15) is 41.0 Å². The van der Waals surface area contributed by atoms with Crippen LogP contribution in [0, 0.1) is 0 Å². The normalized spacial score (nSPS) is 13.2. The number of nitrogens with two attached hydrogens (primary N) is 2. The van der Waals surface area contributed by atoms with Crippen molar-refractivity contribution in [1.29, 1.82) is 0 Å². The molecule has 21 heavy (non-hydrogen) atoms. The summed E-state index contributed by atoms with van der Waals surface area (Å²) in [5.41, 5.74) is 14.0. The van der Waals surface area contributed by atoms with E-state index >= 15 is 0 Å². The molecule has 0 bridgehead atoms. The largest absolute Gasteiger partial charge is 0.398 e. The molecule has 0 radical (unpaired) electrons. The molecule has 0 aliphatic rings. The summed E-state index contributed by atoms with van der Waals surface area (Å²) in [6.45, 7) is 17.2. The summed E-state index contributed by atoms with van der Waals surface area (Å²) in [5.74, 6) is 0. The van der Waals surface area contributed by atoms with Gasteiger partial charge in [-0.05, 0) is 25.0 Å². The van der Waals surface area contributed by atoms with E-state index in [-0.39, 0.29) is 12.6 Å². The summed E-state index contributed by atoms with van der Waals surface area (Å²) < 4.78 is 0. The second-order valence-corrected chi connectivity index (χ2v) is 3.84. The van der Waals surface area contributed by atoms with E-state index in [1.54, 1.807) is 24.3 Å². The second-order valence-electron chi connectivity index (χ2n) is 3.84. The van der Waals surface area contributed by atoms with Gasteiger partial charge in [0, 0.05) is 11.7 Å². The lowest BCUT2D eigenvalue weighted by molar-refractivity contribution is 0.265. The third-order valence-corrected chi connectivity index (χ3v) is 2.22. The monoisotopic (exact) mass is 294 g/mol. The summed E-state index contributed by atoms with van der Waals surface area (Å²) in [7, 11) is 0. The predicted molar refractivity (Wildman–Crippen MR) is 96.9 cm³/mol. The van der Waals surface area contributed by atoms with Crippen LogP contribution in [0.25, 0.3) is 0 Å². The molecule has 0 aromatic carbocycles. The Morgan fingerprint density at radius 2 is 1.62 bits per heavy atom. The standard InChI is InChI=1S/C14H22N2O.2C2H6/c1-4-6-12(5-2)14(16)8-7-11(3)9-13(15)10-17;2*1-2/h4-8,13,17H,1-2,9-10,15-16H2,3H3;2*1-2H3/b11-7+,12-6+,14-8-;;. The first-order chi connectivity index (χ1) is 10.0. The Hall–Kier alpha value is -1.58. The van der Waals surface area contributed by atoms with Crippen molar-refractivity contribution in [1.82, 2.24) is 0 Å². The summed E-state index contributed by atoms with van der Waals surface area (Å²) in [5, 5.41) is 8.83. The maximum atomic E-state index is 8.83.